The van der Waals surface area contributed by atoms with Gasteiger partial charge in [0.2, 0.25) is 5.91 Å². The number of hydrogen-bond donors (Lipinski definition) is 2. The summed E-state index contributed by atoms with van der Waals surface area (Å²) in [7, 11) is 0. The van der Waals surface area contributed by atoms with Crippen molar-refractivity contribution in [3.05, 3.63) is 28.1 Å². The monoisotopic (exact) mass is 337 g/mol. The molecule has 2 heterocycles. The average molecular weight is 337 g/mol. The number of carbonyl (C=O) groups is 2. The normalized spacial score (nSPS) is 12.2. The quantitative estimate of drug-likeness (QED) is 0.762. The van der Waals surface area contributed by atoms with Gasteiger partial charge in [0.1, 0.15) is 10.9 Å². The molecule has 1 unspecified atom stereocenters. The number of nitrogens with one attached hydrogen (secondary N) is 1. The molecule has 2 aromatic heterocycles. The minimum atomic E-state index is -1.04. The SMILES string of the molecule is CCCCC(NC(=O)CCn1cnc2sccc2c1=O)C(=O)O. The molecule has 0 bridgehead atoms. The molecule has 1 atom stereocenters. The Morgan fingerprint density at radius 2 is 2.26 bits per heavy atom. The van der Waals surface area contributed by atoms with E-state index in [0.29, 0.717) is 16.6 Å². The first kappa shape index (κ1) is 17.1. The van der Waals surface area contributed by atoms with Crippen LogP contribution in [0.25, 0.3) is 10.2 Å². The van der Waals surface area contributed by atoms with Crippen molar-refractivity contribution >= 4 is 33.4 Å². The Hall–Kier alpha value is -2.22. The van der Waals surface area contributed by atoms with Gasteiger partial charge in [0, 0.05) is 13.0 Å². The van der Waals surface area contributed by atoms with E-state index in [2.05, 4.69) is 10.3 Å². The number of aryl methyl sites for hydroxylation is 1. The van der Waals surface area contributed by atoms with Crippen LogP contribution in [0.2, 0.25) is 0 Å². The first-order chi connectivity index (χ1) is 11.0. The lowest BCUT2D eigenvalue weighted by molar-refractivity contribution is -0.142. The fourth-order valence-electron chi connectivity index (χ4n) is 2.21. The number of amides is 1. The fourth-order valence-corrected chi connectivity index (χ4v) is 2.93. The molecule has 0 radical (unpaired) electrons. The van der Waals surface area contributed by atoms with Gasteiger partial charge in [0.15, 0.2) is 0 Å². The number of rotatable bonds is 8. The molecule has 0 aliphatic heterocycles. The molecule has 1 amide bonds. The van der Waals surface area contributed by atoms with E-state index in [0.717, 1.165) is 12.8 Å². The van der Waals surface area contributed by atoms with Crippen LogP contribution in [0, 0.1) is 0 Å². The highest BCUT2D eigenvalue weighted by Crippen LogP contribution is 2.13. The number of aliphatic carboxylic acids is 1. The van der Waals surface area contributed by atoms with Gasteiger partial charge in [-0.05, 0) is 17.9 Å². The highest BCUT2D eigenvalue weighted by atomic mass is 32.1. The van der Waals surface area contributed by atoms with Gasteiger partial charge in [-0.3, -0.25) is 14.2 Å². The van der Waals surface area contributed by atoms with Gasteiger partial charge >= 0.3 is 5.97 Å². The van der Waals surface area contributed by atoms with Gasteiger partial charge in [-0.1, -0.05) is 19.8 Å². The van der Waals surface area contributed by atoms with E-state index >= 15 is 0 Å². The van der Waals surface area contributed by atoms with E-state index in [-0.39, 0.29) is 24.4 Å². The number of aromatic nitrogens is 2. The topological polar surface area (TPSA) is 101 Å². The Kier molecular flexibility index (Phi) is 5.86. The lowest BCUT2D eigenvalue weighted by atomic mass is 10.1. The van der Waals surface area contributed by atoms with Crippen LogP contribution in [0.15, 0.2) is 22.6 Å². The number of carboxylic acids is 1. The summed E-state index contributed by atoms with van der Waals surface area (Å²) in [6, 6.07) is 0.827. The molecule has 0 aliphatic rings. The predicted octanol–water partition coefficient (Wildman–Crippen LogP) is 1.61. The van der Waals surface area contributed by atoms with Crippen LogP contribution in [0.5, 0.6) is 0 Å². The Morgan fingerprint density at radius 1 is 1.48 bits per heavy atom. The molecule has 7 nitrogen and oxygen atoms in total. The van der Waals surface area contributed by atoms with Crippen LogP contribution in [0.1, 0.15) is 32.6 Å². The fraction of sp³-hybridized carbons (Fsp3) is 0.467. The van der Waals surface area contributed by atoms with Gasteiger partial charge in [-0.25, -0.2) is 9.78 Å². The molecule has 0 spiro atoms. The Balaban J connectivity index is 1.96. The minimum Gasteiger partial charge on any atom is -0.480 e. The maximum Gasteiger partial charge on any atom is 0.326 e. The minimum absolute atomic E-state index is 0.0349. The van der Waals surface area contributed by atoms with Gasteiger partial charge in [-0.2, -0.15) is 0 Å². The van der Waals surface area contributed by atoms with Gasteiger partial charge in [0.25, 0.3) is 5.56 Å². The maximum absolute atomic E-state index is 12.2. The van der Waals surface area contributed by atoms with Crippen molar-refractivity contribution in [1.29, 1.82) is 0 Å². The lowest BCUT2D eigenvalue weighted by Gasteiger charge is -2.14. The zero-order valence-electron chi connectivity index (χ0n) is 12.8. The van der Waals surface area contributed by atoms with E-state index in [9.17, 15) is 14.4 Å². The van der Waals surface area contributed by atoms with E-state index in [4.69, 9.17) is 5.11 Å². The summed E-state index contributed by atoms with van der Waals surface area (Å²) in [5.41, 5.74) is -0.190. The second-order valence-corrected chi connectivity index (χ2v) is 6.13. The summed E-state index contributed by atoms with van der Waals surface area (Å²) in [5, 5.41) is 13.9. The van der Waals surface area contributed by atoms with E-state index in [1.54, 1.807) is 11.4 Å². The summed E-state index contributed by atoms with van der Waals surface area (Å²) < 4.78 is 1.37. The molecule has 0 saturated heterocycles. The summed E-state index contributed by atoms with van der Waals surface area (Å²) in [4.78, 5) is 40.0. The Labute approximate surface area is 137 Å². The molecular weight excluding hydrogens is 318 g/mol. The van der Waals surface area contributed by atoms with Crippen molar-refractivity contribution < 1.29 is 14.7 Å². The first-order valence-electron chi connectivity index (χ1n) is 7.47. The summed E-state index contributed by atoms with van der Waals surface area (Å²) in [5.74, 6) is -1.42. The third kappa shape index (κ3) is 4.38. The van der Waals surface area contributed by atoms with Gasteiger partial charge < -0.3 is 10.4 Å². The summed E-state index contributed by atoms with van der Waals surface area (Å²) in [6.45, 7) is 2.13. The highest BCUT2D eigenvalue weighted by Gasteiger charge is 2.19. The van der Waals surface area contributed by atoms with Crippen LogP contribution in [-0.2, 0) is 16.1 Å². The summed E-state index contributed by atoms with van der Waals surface area (Å²) >= 11 is 1.38. The second kappa shape index (κ2) is 7.87. The van der Waals surface area contributed by atoms with Crippen molar-refractivity contribution in [3.63, 3.8) is 0 Å². The van der Waals surface area contributed by atoms with Crippen molar-refractivity contribution in [3.8, 4) is 0 Å². The Morgan fingerprint density at radius 3 is 2.96 bits per heavy atom. The molecule has 8 heteroatoms. The third-order valence-corrected chi connectivity index (χ3v) is 4.33. The lowest BCUT2D eigenvalue weighted by Crippen LogP contribution is -2.41. The van der Waals surface area contributed by atoms with Crippen molar-refractivity contribution in [2.75, 3.05) is 0 Å². The van der Waals surface area contributed by atoms with Gasteiger partial charge in [-0.15, -0.1) is 11.3 Å². The zero-order chi connectivity index (χ0) is 16.8. The standard InChI is InChI=1S/C15H19N3O4S/c1-2-3-4-11(15(21)22)17-12(19)5-7-18-9-16-13-10(14(18)20)6-8-23-13/h6,8-9,11H,2-5,7H2,1H3,(H,17,19)(H,21,22). The van der Waals surface area contributed by atoms with Crippen LogP contribution in [0.4, 0.5) is 0 Å². The second-order valence-electron chi connectivity index (χ2n) is 5.23. The molecule has 124 valence electrons. The number of unbranched alkanes of at least 4 members (excludes halogenated alkanes) is 1. The zero-order valence-corrected chi connectivity index (χ0v) is 13.6. The highest BCUT2D eigenvalue weighted by molar-refractivity contribution is 7.16. The molecular formula is C15H19N3O4S. The molecule has 0 saturated carbocycles. The third-order valence-electron chi connectivity index (χ3n) is 3.51. The number of thiophene rings is 1. The van der Waals surface area contributed by atoms with Crippen molar-refractivity contribution in [1.82, 2.24) is 14.9 Å². The average Bonchev–Trinajstić information content (AvgIpc) is 3.00. The van der Waals surface area contributed by atoms with Crippen LogP contribution >= 0.6 is 11.3 Å². The largest absolute Gasteiger partial charge is 0.480 e. The predicted molar refractivity (Wildman–Crippen MR) is 87.6 cm³/mol. The van der Waals surface area contributed by atoms with E-state index in [1.165, 1.54) is 22.2 Å². The van der Waals surface area contributed by atoms with E-state index in [1.807, 2.05) is 6.92 Å². The van der Waals surface area contributed by atoms with Gasteiger partial charge in [0.05, 0.1) is 11.7 Å². The number of carboxylic acid groups (broad SMARTS) is 1. The molecule has 0 aromatic carbocycles. The number of carbonyl (C=O) groups excluding carboxylic acids is 1. The Bertz CT molecular complexity index is 753. The van der Waals surface area contributed by atoms with Crippen LogP contribution in [-0.4, -0.2) is 32.6 Å². The van der Waals surface area contributed by atoms with Crippen LogP contribution in [0.3, 0.4) is 0 Å². The number of fused-ring (bicyclic) bond motifs is 1. The van der Waals surface area contributed by atoms with Crippen molar-refractivity contribution in [2.45, 2.75) is 45.2 Å². The first-order valence-corrected chi connectivity index (χ1v) is 8.35. The molecule has 0 aliphatic carbocycles. The molecule has 2 N–H and O–H groups in total. The summed E-state index contributed by atoms with van der Waals surface area (Å²) in [6.07, 6.45) is 3.45. The van der Waals surface area contributed by atoms with Crippen LogP contribution < -0.4 is 10.9 Å². The molecule has 23 heavy (non-hydrogen) atoms. The smallest absolute Gasteiger partial charge is 0.326 e. The molecule has 0 fully saturated rings. The van der Waals surface area contributed by atoms with E-state index < -0.39 is 12.0 Å². The molecule has 2 aromatic rings. The van der Waals surface area contributed by atoms with Crippen molar-refractivity contribution in [2.24, 2.45) is 0 Å². The maximum atomic E-state index is 12.2. The molecule has 2 rings (SSSR count). The number of nitrogens with zero attached hydrogens (tertiary/aromatic N) is 2. The number of hydrogen-bond acceptors (Lipinski definition) is 5.